The normalized spacial score (nSPS) is 12.7. The molecule has 0 saturated heterocycles. The van der Waals surface area contributed by atoms with E-state index in [4.69, 9.17) is 23.2 Å². The highest BCUT2D eigenvalue weighted by molar-refractivity contribution is 9.11. The lowest BCUT2D eigenvalue weighted by Gasteiger charge is -2.15. The predicted octanol–water partition coefficient (Wildman–Crippen LogP) is 5.89. The van der Waals surface area contributed by atoms with Gasteiger partial charge in [0, 0.05) is 13.8 Å². The van der Waals surface area contributed by atoms with Crippen molar-refractivity contribution in [1.29, 1.82) is 0 Å². The van der Waals surface area contributed by atoms with Gasteiger partial charge in [-0.15, -0.1) is 11.3 Å². The van der Waals surface area contributed by atoms with Gasteiger partial charge < -0.3 is 5.32 Å². The van der Waals surface area contributed by atoms with Gasteiger partial charge >= 0.3 is 0 Å². The second-order valence-corrected chi connectivity index (χ2v) is 7.47. The summed E-state index contributed by atoms with van der Waals surface area (Å²) in [6.07, 6.45) is 0. The van der Waals surface area contributed by atoms with E-state index in [1.165, 1.54) is 0 Å². The Bertz CT molecular complexity index is 552. The van der Waals surface area contributed by atoms with Crippen LogP contribution in [0, 0.1) is 0 Å². The molecule has 1 nitrogen and oxygen atoms in total. The summed E-state index contributed by atoms with van der Waals surface area (Å²) in [5, 5.41) is 4.00. The number of hydrogen-bond acceptors (Lipinski definition) is 2. The largest absolute Gasteiger partial charge is 0.309 e. The first-order chi connectivity index (χ1) is 8.52. The van der Waals surface area contributed by atoms with E-state index in [9.17, 15) is 0 Å². The highest BCUT2D eigenvalue weighted by atomic mass is 79.9. The minimum absolute atomic E-state index is 0.104. The molecular formula is C12H9Br2Cl2NS. The second-order valence-electron chi connectivity index (χ2n) is 3.67. The summed E-state index contributed by atoms with van der Waals surface area (Å²) in [5.74, 6) is 0. The van der Waals surface area contributed by atoms with E-state index in [0.29, 0.717) is 5.02 Å². The van der Waals surface area contributed by atoms with Crippen molar-refractivity contribution in [3.05, 3.63) is 53.0 Å². The van der Waals surface area contributed by atoms with Crippen LogP contribution >= 0.6 is 66.4 Å². The van der Waals surface area contributed by atoms with Gasteiger partial charge in [-0.3, -0.25) is 0 Å². The van der Waals surface area contributed by atoms with Gasteiger partial charge in [-0.1, -0.05) is 29.3 Å². The first-order valence-electron chi connectivity index (χ1n) is 5.10. The van der Waals surface area contributed by atoms with Gasteiger partial charge in [0.05, 0.1) is 11.1 Å². The molecule has 0 radical (unpaired) electrons. The fourth-order valence-corrected chi connectivity index (χ4v) is 4.06. The van der Waals surface area contributed by atoms with Crippen LogP contribution < -0.4 is 5.32 Å². The third kappa shape index (κ3) is 3.11. The predicted molar refractivity (Wildman–Crippen MR) is 87.1 cm³/mol. The lowest BCUT2D eigenvalue weighted by atomic mass is 10.1. The van der Waals surface area contributed by atoms with E-state index in [1.54, 1.807) is 11.3 Å². The zero-order valence-electron chi connectivity index (χ0n) is 9.31. The summed E-state index contributed by atoms with van der Waals surface area (Å²) in [5.41, 5.74) is 1.14. The van der Waals surface area contributed by atoms with Crippen LogP contribution in [0.25, 0.3) is 0 Å². The molecule has 0 amide bonds. The molecule has 1 atom stereocenters. The highest BCUT2D eigenvalue weighted by Gasteiger charge is 2.17. The molecule has 1 aromatic carbocycles. The van der Waals surface area contributed by atoms with E-state index in [2.05, 4.69) is 37.2 Å². The van der Waals surface area contributed by atoms with Crippen LogP contribution in [0.3, 0.4) is 0 Å². The number of rotatable bonds is 3. The maximum Gasteiger partial charge on any atom is 0.107 e. The molecule has 0 fully saturated rings. The van der Waals surface area contributed by atoms with Crippen molar-refractivity contribution < 1.29 is 0 Å². The Balaban J connectivity index is 2.41. The summed E-state index contributed by atoms with van der Waals surface area (Å²) in [7, 11) is 1.93. The van der Waals surface area contributed by atoms with Crippen LogP contribution in [-0.4, -0.2) is 7.05 Å². The molecular weight excluding hydrogens is 421 g/mol. The molecule has 0 bridgehead atoms. The molecule has 0 aliphatic rings. The van der Waals surface area contributed by atoms with Crippen molar-refractivity contribution in [1.82, 2.24) is 5.32 Å². The summed E-state index contributed by atoms with van der Waals surface area (Å²) < 4.78 is 2.58. The van der Waals surface area contributed by atoms with Crippen LogP contribution in [0.2, 0.25) is 9.36 Å². The Labute approximate surface area is 137 Å². The van der Waals surface area contributed by atoms with E-state index in [0.717, 1.165) is 23.7 Å². The molecule has 18 heavy (non-hydrogen) atoms. The third-order valence-corrected chi connectivity index (χ3v) is 6.27. The van der Waals surface area contributed by atoms with Crippen LogP contribution in [0.15, 0.2) is 33.2 Å². The van der Waals surface area contributed by atoms with Crippen molar-refractivity contribution in [2.45, 2.75) is 6.04 Å². The third-order valence-electron chi connectivity index (χ3n) is 2.51. The summed E-state index contributed by atoms with van der Waals surface area (Å²) in [6.45, 7) is 0. The van der Waals surface area contributed by atoms with Gasteiger partial charge in [-0.25, -0.2) is 0 Å². The van der Waals surface area contributed by atoms with E-state index in [1.807, 2.05) is 31.3 Å². The summed E-state index contributed by atoms with van der Waals surface area (Å²) >= 11 is 20.5. The molecule has 1 heterocycles. The monoisotopic (exact) mass is 427 g/mol. The maximum absolute atomic E-state index is 6.09. The van der Waals surface area contributed by atoms with Gasteiger partial charge in [0.2, 0.25) is 0 Å². The van der Waals surface area contributed by atoms with Crippen LogP contribution in [0.5, 0.6) is 0 Å². The topological polar surface area (TPSA) is 12.0 Å². The SMILES string of the molecule is CNC(c1ccc(Cl)c(Br)c1)c1cc(Br)c(Cl)s1. The summed E-state index contributed by atoms with van der Waals surface area (Å²) in [6, 6.07) is 8.06. The minimum Gasteiger partial charge on any atom is -0.309 e. The van der Waals surface area contributed by atoms with Crippen molar-refractivity contribution in [2.75, 3.05) is 7.05 Å². The average Bonchev–Trinajstić information content (AvgIpc) is 2.65. The average molecular weight is 430 g/mol. The van der Waals surface area contributed by atoms with E-state index < -0.39 is 0 Å². The first kappa shape index (κ1) is 14.8. The quantitative estimate of drug-likeness (QED) is 0.641. The zero-order chi connectivity index (χ0) is 13.3. The van der Waals surface area contributed by atoms with Crippen molar-refractivity contribution >= 4 is 66.4 Å². The number of nitrogens with one attached hydrogen (secondary N) is 1. The fourth-order valence-electron chi connectivity index (χ4n) is 1.67. The molecule has 0 saturated carbocycles. The maximum atomic E-state index is 6.09. The minimum atomic E-state index is 0.104. The molecule has 2 aromatic rings. The van der Waals surface area contributed by atoms with Crippen molar-refractivity contribution in [3.8, 4) is 0 Å². The van der Waals surface area contributed by atoms with Gasteiger partial charge in [-0.05, 0) is 62.7 Å². The lowest BCUT2D eigenvalue weighted by Crippen LogP contribution is -2.16. The highest BCUT2D eigenvalue weighted by Crippen LogP contribution is 2.38. The van der Waals surface area contributed by atoms with Gasteiger partial charge in [-0.2, -0.15) is 0 Å². The van der Waals surface area contributed by atoms with Crippen molar-refractivity contribution in [3.63, 3.8) is 0 Å². The fraction of sp³-hybridized carbons (Fsp3) is 0.167. The first-order valence-corrected chi connectivity index (χ1v) is 8.25. The Hall–Kier alpha value is 0.420. The summed E-state index contributed by atoms with van der Waals surface area (Å²) in [4.78, 5) is 1.16. The van der Waals surface area contributed by atoms with Gasteiger partial charge in [0.25, 0.3) is 0 Å². The van der Waals surface area contributed by atoms with Crippen molar-refractivity contribution in [2.24, 2.45) is 0 Å². The lowest BCUT2D eigenvalue weighted by molar-refractivity contribution is 0.703. The molecule has 0 spiro atoms. The molecule has 0 aliphatic heterocycles. The number of thiophene rings is 1. The standard InChI is InChI=1S/C12H9Br2Cl2NS/c1-17-11(10-5-8(14)12(16)18-10)6-2-3-9(15)7(13)4-6/h2-5,11,17H,1H3. The van der Waals surface area contributed by atoms with E-state index in [-0.39, 0.29) is 6.04 Å². The van der Waals surface area contributed by atoms with E-state index >= 15 is 0 Å². The van der Waals surface area contributed by atoms with Crippen LogP contribution in [0.4, 0.5) is 0 Å². The number of halogens is 4. The Morgan fingerprint density at radius 1 is 1.17 bits per heavy atom. The zero-order valence-corrected chi connectivity index (χ0v) is 14.8. The molecule has 1 aromatic heterocycles. The van der Waals surface area contributed by atoms with Crippen LogP contribution in [-0.2, 0) is 0 Å². The van der Waals surface area contributed by atoms with Crippen LogP contribution in [0.1, 0.15) is 16.5 Å². The Morgan fingerprint density at radius 3 is 2.39 bits per heavy atom. The molecule has 6 heteroatoms. The molecule has 2 rings (SSSR count). The molecule has 1 unspecified atom stereocenters. The smallest absolute Gasteiger partial charge is 0.107 e. The van der Waals surface area contributed by atoms with Gasteiger partial charge in [0.1, 0.15) is 4.34 Å². The molecule has 0 aliphatic carbocycles. The van der Waals surface area contributed by atoms with Gasteiger partial charge in [0.15, 0.2) is 0 Å². The number of hydrogen-bond donors (Lipinski definition) is 1. The Kier molecular flexibility index (Phi) is 5.14. The Morgan fingerprint density at radius 2 is 1.89 bits per heavy atom. The number of benzene rings is 1. The molecule has 96 valence electrons. The second kappa shape index (κ2) is 6.25. The molecule has 1 N–H and O–H groups in total.